The number of carbonyl (C=O) groups excluding carboxylic acids is 3. The van der Waals surface area contributed by atoms with Gasteiger partial charge in [0, 0.05) is 11.6 Å². The molecule has 1 aliphatic heterocycles. The highest BCUT2D eigenvalue weighted by Crippen LogP contribution is 2.36. The number of nitrogens with one attached hydrogen (secondary N) is 1. The van der Waals surface area contributed by atoms with Gasteiger partial charge < -0.3 is 10.1 Å². The Morgan fingerprint density at radius 3 is 2.58 bits per heavy atom. The standard InChI is InChI=1S/C20H26N2O4/c1-12(2)19-20(25)22(11-18(24)21-15-6-4-5-7-15)16-10-14(13(3)23)8-9-17(16)26-19/h8-10,12,15,19H,4-7,11H2,1-3H3,(H,21,24). The summed E-state index contributed by atoms with van der Waals surface area (Å²) in [6.45, 7) is 5.24. The van der Waals surface area contributed by atoms with E-state index in [1.165, 1.54) is 11.8 Å². The van der Waals surface area contributed by atoms with Crippen LogP contribution < -0.4 is 15.0 Å². The fraction of sp³-hybridized carbons (Fsp3) is 0.550. The highest BCUT2D eigenvalue weighted by Gasteiger charge is 2.37. The van der Waals surface area contributed by atoms with E-state index in [9.17, 15) is 14.4 Å². The zero-order chi connectivity index (χ0) is 18.8. The van der Waals surface area contributed by atoms with Crippen LogP contribution in [0, 0.1) is 5.92 Å². The number of ketones is 1. The first-order chi connectivity index (χ1) is 12.4. The molecule has 26 heavy (non-hydrogen) atoms. The first-order valence-corrected chi connectivity index (χ1v) is 9.29. The van der Waals surface area contributed by atoms with Crippen LogP contribution in [0.5, 0.6) is 5.75 Å². The maximum atomic E-state index is 12.9. The number of anilines is 1. The van der Waals surface area contributed by atoms with E-state index < -0.39 is 6.10 Å². The summed E-state index contributed by atoms with van der Waals surface area (Å²) < 4.78 is 5.85. The Hall–Kier alpha value is -2.37. The fourth-order valence-corrected chi connectivity index (χ4v) is 3.58. The van der Waals surface area contributed by atoms with Crippen LogP contribution in [0.3, 0.4) is 0 Å². The molecule has 1 saturated carbocycles. The summed E-state index contributed by atoms with van der Waals surface area (Å²) in [5.41, 5.74) is 0.977. The molecule has 1 heterocycles. The Morgan fingerprint density at radius 2 is 1.96 bits per heavy atom. The molecule has 1 atom stereocenters. The van der Waals surface area contributed by atoms with Gasteiger partial charge in [0.2, 0.25) is 5.91 Å². The van der Waals surface area contributed by atoms with Crippen LogP contribution in [-0.4, -0.2) is 36.3 Å². The summed E-state index contributed by atoms with van der Waals surface area (Å²) in [4.78, 5) is 38.6. The van der Waals surface area contributed by atoms with Gasteiger partial charge >= 0.3 is 0 Å². The van der Waals surface area contributed by atoms with Crippen LogP contribution in [0.2, 0.25) is 0 Å². The summed E-state index contributed by atoms with van der Waals surface area (Å²) >= 11 is 0. The minimum Gasteiger partial charge on any atom is -0.478 e. The molecule has 6 heteroatoms. The SMILES string of the molecule is CC(=O)c1ccc2c(c1)N(CC(=O)NC1CCCC1)C(=O)C(C(C)C)O2. The maximum absolute atomic E-state index is 12.9. The average Bonchev–Trinajstić information content (AvgIpc) is 3.09. The van der Waals surface area contributed by atoms with Crippen LogP contribution in [0.1, 0.15) is 56.8 Å². The number of benzene rings is 1. The monoisotopic (exact) mass is 358 g/mol. The Labute approximate surface area is 153 Å². The number of fused-ring (bicyclic) bond motifs is 1. The van der Waals surface area contributed by atoms with Crippen LogP contribution in [0.4, 0.5) is 5.69 Å². The Bertz CT molecular complexity index is 723. The molecule has 0 aromatic heterocycles. The van der Waals surface area contributed by atoms with Gasteiger partial charge in [0.1, 0.15) is 12.3 Å². The molecule has 0 spiro atoms. The van der Waals surface area contributed by atoms with E-state index in [0.717, 1.165) is 25.7 Å². The van der Waals surface area contributed by atoms with Crippen LogP contribution in [-0.2, 0) is 9.59 Å². The molecule has 2 amide bonds. The van der Waals surface area contributed by atoms with Gasteiger partial charge in [-0.15, -0.1) is 0 Å². The fourth-order valence-electron chi connectivity index (χ4n) is 3.58. The van der Waals surface area contributed by atoms with Crippen LogP contribution in [0.25, 0.3) is 0 Å². The van der Waals surface area contributed by atoms with E-state index in [1.54, 1.807) is 18.2 Å². The van der Waals surface area contributed by atoms with Crippen molar-refractivity contribution in [1.82, 2.24) is 5.32 Å². The van der Waals surface area contributed by atoms with Gasteiger partial charge in [-0.3, -0.25) is 19.3 Å². The Kier molecular flexibility index (Phi) is 5.30. The third-order valence-corrected chi connectivity index (χ3v) is 5.05. The molecule has 6 nitrogen and oxygen atoms in total. The quantitative estimate of drug-likeness (QED) is 0.821. The smallest absolute Gasteiger partial charge is 0.268 e. The summed E-state index contributed by atoms with van der Waals surface area (Å²) in [5.74, 6) is -0.00399. The number of carbonyl (C=O) groups is 3. The third kappa shape index (κ3) is 3.74. The lowest BCUT2D eigenvalue weighted by Crippen LogP contribution is -2.52. The van der Waals surface area contributed by atoms with Crippen molar-refractivity contribution in [3.05, 3.63) is 23.8 Å². The minimum atomic E-state index is -0.634. The van der Waals surface area contributed by atoms with Gasteiger partial charge in [0.15, 0.2) is 11.9 Å². The Balaban J connectivity index is 1.87. The molecule has 0 radical (unpaired) electrons. The molecule has 3 rings (SSSR count). The first-order valence-electron chi connectivity index (χ1n) is 9.29. The molecule has 1 unspecified atom stereocenters. The largest absolute Gasteiger partial charge is 0.478 e. The normalized spacial score (nSPS) is 20.1. The number of hydrogen-bond acceptors (Lipinski definition) is 4. The van der Waals surface area contributed by atoms with Gasteiger partial charge in [-0.1, -0.05) is 26.7 Å². The predicted molar refractivity (Wildman–Crippen MR) is 98.5 cm³/mol. The van der Waals surface area contributed by atoms with Gasteiger partial charge in [-0.2, -0.15) is 0 Å². The second-order valence-electron chi connectivity index (χ2n) is 7.49. The summed E-state index contributed by atoms with van der Waals surface area (Å²) in [6.07, 6.45) is 3.60. The number of Topliss-reactive ketones (excluding diaryl/α,β-unsaturated/α-hetero) is 1. The minimum absolute atomic E-state index is 0.0245. The number of hydrogen-bond donors (Lipinski definition) is 1. The second-order valence-corrected chi connectivity index (χ2v) is 7.49. The molecule has 140 valence electrons. The third-order valence-electron chi connectivity index (χ3n) is 5.05. The van der Waals surface area contributed by atoms with Crippen molar-refractivity contribution in [2.75, 3.05) is 11.4 Å². The zero-order valence-corrected chi connectivity index (χ0v) is 15.6. The number of amides is 2. The molecule has 2 aliphatic rings. The van der Waals surface area contributed by atoms with Crippen LogP contribution in [0.15, 0.2) is 18.2 Å². The van der Waals surface area contributed by atoms with E-state index >= 15 is 0 Å². The molecule has 0 bridgehead atoms. The summed E-state index contributed by atoms with van der Waals surface area (Å²) in [5, 5.41) is 3.02. The molecule has 1 N–H and O–H groups in total. The molecule has 1 aromatic carbocycles. The van der Waals surface area contributed by atoms with E-state index in [-0.39, 0.29) is 36.1 Å². The van der Waals surface area contributed by atoms with Gasteiger partial charge in [0.25, 0.3) is 5.91 Å². The zero-order valence-electron chi connectivity index (χ0n) is 15.6. The second kappa shape index (κ2) is 7.48. The average molecular weight is 358 g/mol. The number of ether oxygens (including phenoxy) is 1. The Morgan fingerprint density at radius 1 is 1.27 bits per heavy atom. The van der Waals surface area contributed by atoms with Crippen molar-refractivity contribution in [2.24, 2.45) is 5.92 Å². The molecule has 1 aromatic rings. The van der Waals surface area contributed by atoms with Gasteiger partial charge in [0.05, 0.1) is 5.69 Å². The van der Waals surface area contributed by atoms with E-state index in [2.05, 4.69) is 5.32 Å². The lowest BCUT2D eigenvalue weighted by atomic mass is 10.0. The lowest BCUT2D eigenvalue weighted by Gasteiger charge is -2.36. The van der Waals surface area contributed by atoms with E-state index in [4.69, 9.17) is 4.74 Å². The summed E-state index contributed by atoms with van der Waals surface area (Å²) in [6, 6.07) is 5.22. The first kappa shape index (κ1) is 18.4. The molecular formula is C20H26N2O4. The highest BCUT2D eigenvalue weighted by atomic mass is 16.5. The molecule has 1 aliphatic carbocycles. The van der Waals surface area contributed by atoms with Crippen molar-refractivity contribution in [2.45, 2.75) is 58.6 Å². The van der Waals surface area contributed by atoms with E-state index in [1.807, 2.05) is 13.8 Å². The lowest BCUT2D eigenvalue weighted by molar-refractivity contribution is -0.130. The van der Waals surface area contributed by atoms with Crippen LogP contribution >= 0.6 is 0 Å². The van der Waals surface area contributed by atoms with Crippen molar-refractivity contribution in [3.8, 4) is 5.75 Å². The van der Waals surface area contributed by atoms with Crippen molar-refractivity contribution in [3.63, 3.8) is 0 Å². The van der Waals surface area contributed by atoms with Gasteiger partial charge in [-0.05, 0) is 43.9 Å². The molecule has 1 fully saturated rings. The number of nitrogens with zero attached hydrogens (tertiary/aromatic N) is 1. The topological polar surface area (TPSA) is 75.7 Å². The maximum Gasteiger partial charge on any atom is 0.268 e. The highest BCUT2D eigenvalue weighted by molar-refractivity contribution is 6.05. The van der Waals surface area contributed by atoms with Crippen molar-refractivity contribution in [1.29, 1.82) is 0 Å². The molecule has 0 saturated heterocycles. The van der Waals surface area contributed by atoms with E-state index in [0.29, 0.717) is 17.0 Å². The molecular weight excluding hydrogens is 332 g/mol. The van der Waals surface area contributed by atoms with Crippen molar-refractivity contribution >= 4 is 23.3 Å². The van der Waals surface area contributed by atoms with Crippen molar-refractivity contribution < 1.29 is 19.1 Å². The summed E-state index contributed by atoms with van der Waals surface area (Å²) in [7, 11) is 0. The van der Waals surface area contributed by atoms with Gasteiger partial charge in [-0.25, -0.2) is 0 Å². The number of rotatable bonds is 5. The predicted octanol–water partition coefficient (Wildman–Crippen LogP) is 2.70.